The number of ether oxygens (including phenoxy) is 1. The van der Waals surface area contributed by atoms with Crippen LogP contribution < -0.4 is 16.2 Å². The van der Waals surface area contributed by atoms with Crippen molar-refractivity contribution in [3.8, 4) is 0 Å². The molecule has 1 fully saturated rings. The van der Waals surface area contributed by atoms with E-state index in [9.17, 15) is 14.4 Å². The van der Waals surface area contributed by atoms with E-state index in [1.54, 1.807) is 22.8 Å². The van der Waals surface area contributed by atoms with Crippen LogP contribution in [0.4, 0.5) is 5.69 Å². The third kappa shape index (κ3) is 7.09. The molecule has 0 bridgehead atoms. The van der Waals surface area contributed by atoms with Gasteiger partial charge in [0.15, 0.2) is 5.16 Å². The van der Waals surface area contributed by atoms with Gasteiger partial charge in [0.1, 0.15) is 0 Å². The molecule has 218 valence electrons. The minimum atomic E-state index is -0.454. The van der Waals surface area contributed by atoms with Crippen LogP contribution in [0.15, 0.2) is 82.7 Å². The minimum absolute atomic E-state index is 0.0760. The van der Waals surface area contributed by atoms with Gasteiger partial charge in [-0.3, -0.25) is 19.0 Å². The number of anilines is 1. The summed E-state index contributed by atoms with van der Waals surface area (Å²) < 4.78 is 7.20. The van der Waals surface area contributed by atoms with Gasteiger partial charge in [0.25, 0.3) is 11.5 Å². The molecule has 42 heavy (non-hydrogen) atoms. The normalized spacial score (nSPS) is 15.4. The number of hydrogen-bond acceptors (Lipinski definition) is 6. The van der Waals surface area contributed by atoms with Gasteiger partial charge in [-0.1, -0.05) is 62.0 Å². The molecule has 2 atom stereocenters. The third-order valence-corrected chi connectivity index (χ3v) is 8.79. The Balaban J connectivity index is 1.35. The smallest absolute Gasteiger partial charge is 0.262 e. The molecule has 9 heteroatoms. The van der Waals surface area contributed by atoms with E-state index in [0.29, 0.717) is 34.6 Å². The lowest BCUT2D eigenvalue weighted by Crippen LogP contribution is -2.31. The van der Waals surface area contributed by atoms with E-state index >= 15 is 0 Å². The van der Waals surface area contributed by atoms with Crippen LogP contribution in [0.3, 0.4) is 0 Å². The van der Waals surface area contributed by atoms with Crippen molar-refractivity contribution in [1.82, 2.24) is 14.9 Å². The summed E-state index contributed by atoms with van der Waals surface area (Å²) in [5.41, 5.74) is 3.74. The van der Waals surface area contributed by atoms with Gasteiger partial charge in [-0.25, -0.2) is 4.98 Å². The second-order valence-corrected chi connectivity index (χ2v) is 11.6. The number of hydrogen-bond donors (Lipinski definition) is 2. The molecule has 0 spiro atoms. The van der Waals surface area contributed by atoms with Gasteiger partial charge in [0.05, 0.1) is 28.8 Å². The van der Waals surface area contributed by atoms with Crippen molar-refractivity contribution in [2.45, 2.75) is 62.6 Å². The molecule has 3 aromatic carbocycles. The molecule has 0 unspecified atom stereocenters. The predicted molar refractivity (Wildman–Crippen MR) is 167 cm³/mol. The largest absolute Gasteiger partial charge is 0.376 e. The van der Waals surface area contributed by atoms with Gasteiger partial charge in [-0.2, -0.15) is 0 Å². The lowest BCUT2D eigenvalue weighted by Gasteiger charge is -2.18. The van der Waals surface area contributed by atoms with Crippen LogP contribution in [-0.4, -0.2) is 45.9 Å². The van der Waals surface area contributed by atoms with Gasteiger partial charge in [-0.05, 0) is 73.2 Å². The van der Waals surface area contributed by atoms with Gasteiger partial charge in [0, 0.05) is 24.4 Å². The van der Waals surface area contributed by atoms with E-state index in [1.165, 1.54) is 17.3 Å². The maximum Gasteiger partial charge on any atom is 0.262 e. The van der Waals surface area contributed by atoms with Gasteiger partial charge in [-0.15, -0.1) is 0 Å². The average molecular weight is 585 g/mol. The van der Waals surface area contributed by atoms with E-state index in [1.807, 2.05) is 61.5 Å². The molecular weight excluding hydrogens is 548 g/mol. The number of aryl methyl sites for hydroxylation is 1. The number of carbonyl (C=O) groups is 2. The highest BCUT2D eigenvalue weighted by Gasteiger charge is 2.23. The molecule has 1 aliphatic rings. The molecule has 5 rings (SSSR count). The third-order valence-electron chi connectivity index (χ3n) is 7.44. The van der Waals surface area contributed by atoms with E-state index in [0.717, 1.165) is 37.1 Å². The number of aromatic nitrogens is 2. The monoisotopic (exact) mass is 584 g/mol. The Hall–Kier alpha value is -3.95. The van der Waals surface area contributed by atoms with E-state index < -0.39 is 5.25 Å². The van der Waals surface area contributed by atoms with Crippen molar-refractivity contribution in [3.63, 3.8) is 0 Å². The van der Waals surface area contributed by atoms with Crippen LogP contribution in [0, 0.1) is 0 Å². The standard InChI is InChI=1S/C33H36N4O4S/c1-3-22-13-17-25(18-14-22)35-31(39)29(4-2)42-33-36-28-10-6-5-9-27(28)32(40)37(33)21-23-11-15-24(16-12-23)30(38)34-20-26-8-7-19-41-26/h5-6,9-18,26,29H,3-4,7-8,19-21H2,1-2H3,(H,34,38)(H,35,39)/t26-,29-/m1/s1. The fraction of sp³-hybridized carbons (Fsp3) is 0.333. The van der Waals surface area contributed by atoms with Crippen molar-refractivity contribution < 1.29 is 14.3 Å². The highest BCUT2D eigenvalue weighted by Crippen LogP contribution is 2.27. The lowest BCUT2D eigenvalue weighted by atomic mass is 10.1. The molecule has 2 N–H and O–H groups in total. The first-order valence-electron chi connectivity index (χ1n) is 14.5. The summed E-state index contributed by atoms with van der Waals surface area (Å²) in [7, 11) is 0. The summed E-state index contributed by atoms with van der Waals surface area (Å²) in [5, 5.41) is 6.48. The predicted octanol–water partition coefficient (Wildman–Crippen LogP) is 5.43. The first-order chi connectivity index (χ1) is 20.4. The highest BCUT2D eigenvalue weighted by molar-refractivity contribution is 8.00. The molecule has 0 radical (unpaired) electrons. The second kappa shape index (κ2) is 13.8. The summed E-state index contributed by atoms with van der Waals surface area (Å²) in [5.74, 6) is -0.293. The van der Waals surface area contributed by atoms with Gasteiger partial charge in [0.2, 0.25) is 5.91 Å². The van der Waals surface area contributed by atoms with Crippen molar-refractivity contribution in [1.29, 1.82) is 0 Å². The van der Waals surface area contributed by atoms with Gasteiger partial charge < -0.3 is 15.4 Å². The van der Waals surface area contributed by atoms with Crippen LogP contribution in [0.5, 0.6) is 0 Å². The molecule has 2 amide bonds. The fourth-order valence-corrected chi connectivity index (χ4v) is 5.94. The van der Waals surface area contributed by atoms with Crippen molar-refractivity contribution in [2.24, 2.45) is 0 Å². The Morgan fingerprint density at radius 1 is 1.02 bits per heavy atom. The number of amides is 2. The quantitative estimate of drug-likeness (QED) is 0.180. The molecule has 8 nitrogen and oxygen atoms in total. The van der Waals surface area contributed by atoms with Crippen molar-refractivity contribution in [2.75, 3.05) is 18.5 Å². The average Bonchev–Trinajstić information content (AvgIpc) is 3.55. The van der Waals surface area contributed by atoms with Crippen LogP contribution >= 0.6 is 11.8 Å². The zero-order valence-corrected chi connectivity index (χ0v) is 24.8. The Kier molecular flexibility index (Phi) is 9.71. The zero-order chi connectivity index (χ0) is 29.5. The highest BCUT2D eigenvalue weighted by atomic mass is 32.2. The molecule has 0 aliphatic carbocycles. The van der Waals surface area contributed by atoms with Crippen LogP contribution in [0.2, 0.25) is 0 Å². The summed E-state index contributed by atoms with van der Waals surface area (Å²) in [6.45, 7) is 5.54. The molecule has 0 saturated carbocycles. The maximum absolute atomic E-state index is 13.7. The SMILES string of the molecule is CCc1ccc(NC(=O)[C@@H](CC)Sc2nc3ccccc3c(=O)n2Cc2ccc(C(=O)NC[C@H]3CCCO3)cc2)cc1. The van der Waals surface area contributed by atoms with Crippen LogP contribution in [-0.2, 0) is 22.5 Å². The Labute approximate surface area is 249 Å². The molecule has 1 saturated heterocycles. The number of para-hydroxylation sites is 1. The topological polar surface area (TPSA) is 102 Å². The van der Waals surface area contributed by atoms with Crippen molar-refractivity contribution >= 4 is 40.2 Å². The Bertz CT molecular complexity index is 1600. The fourth-order valence-electron chi connectivity index (χ4n) is 4.93. The van der Waals surface area contributed by atoms with Crippen LogP contribution in [0.25, 0.3) is 10.9 Å². The summed E-state index contributed by atoms with van der Waals surface area (Å²) in [6, 6.07) is 22.3. The molecular formula is C33H36N4O4S. The number of thioether (sulfide) groups is 1. The number of carbonyl (C=O) groups excluding carboxylic acids is 2. The molecule has 1 aliphatic heterocycles. The Morgan fingerprint density at radius 3 is 2.45 bits per heavy atom. The Morgan fingerprint density at radius 2 is 1.76 bits per heavy atom. The summed E-state index contributed by atoms with van der Waals surface area (Å²) in [6.07, 6.45) is 3.54. The van der Waals surface area contributed by atoms with Gasteiger partial charge >= 0.3 is 0 Å². The van der Waals surface area contributed by atoms with E-state index in [2.05, 4.69) is 17.6 Å². The molecule has 1 aromatic heterocycles. The maximum atomic E-state index is 13.7. The van der Waals surface area contributed by atoms with E-state index in [4.69, 9.17) is 9.72 Å². The number of benzene rings is 3. The number of rotatable bonds is 11. The number of nitrogens with zero attached hydrogens (tertiary/aromatic N) is 2. The second-order valence-electron chi connectivity index (χ2n) is 10.4. The van der Waals surface area contributed by atoms with Crippen LogP contribution in [0.1, 0.15) is 54.6 Å². The van der Waals surface area contributed by atoms with Crippen molar-refractivity contribution in [3.05, 3.63) is 99.8 Å². The minimum Gasteiger partial charge on any atom is -0.376 e. The molecule has 4 aromatic rings. The zero-order valence-electron chi connectivity index (χ0n) is 24.0. The first kappa shape index (κ1) is 29.5. The lowest BCUT2D eigenvalue weighted by molar-refractivity contribution is -0.115. The molecule has 2 heterocycles. The summed E-state index contributed by atoms with van der Waals surface area (Å²) in [4.78, 5) is 44.4. The first-order valence-corrected chi connectivity index (χ1v) is 15.4. The van der Waals surface area contributed by atoms with E-state index in [-0.39, 0.29) is 30.0 Å². The number of nitrogens with one attached hydrogen (secondary N) is 2. The number of fused-ring (bicyclic) bond motifs is 1. The summed E-state index contributed by atoms with van der Waals surface area (Å²) >= 11 is 1.29.